The molecule has 0 aliphatic heterocycles. The van der Waals surface area contributed by atoms with Crippen LogP contribution in [0.3, 0.4) is 0 Å². The fourth-order valence-electron chi connectivity index (χ4n) is 3.05. The second-order valence-corrected chi connectivity index (χ2v) is 6.86. The Hall–Kier alpha value is -3.05. The third-order valence-electron chi connectivity index (χ3n) is 4.43. The maximum Gasteiger partial charge on any atom is 0.133 e. The van der Waals surface area contributed by atoms with Gasteiger partial charge in [0.15, 0.2) is 0 Å². The minimum Gasteiger partial charge on any atom is -0.497 e. The second kappa shape index (κ2) is 9.43. The highest BCUT2D eigenvalue weighted by Crippen LogP contribution is 2.29. The summed E-state index contributed by atoms with van der Waals surface area (Å²) in [4.78, 5) is 0. The van der Waals surface area contributed by atoms with Crippen molar-refractivity contribution in [2.24, 2.45) is 5.16 Å². The summed E-state index contributed by atoms with van der Waals surface area (Å²) in [5, 5.41) is 13.7. The maximum atomic E-state index is 14.5. The smallest absolute Gasteiger partial charge is 0.133 e. The van der Waals surface area contributed by atoms with Gasteiger partial charge in [-0.15, -0.1) is 0 Å². The Kier molecular flexibility index (Phi) is 6.73. The van der Waals surface area contributed by atoms with E-state index in [0.717, 1.165) is 12.0 Å². The lowest BCUT2D eigenvalue weighted by Crippen LogP contribution is -2.10. The van der Waals surface area contributed by atoms with E-state index in [0.29, 0.717) is 34.3 Å². The van der Waals surface area contributed by atoms with E-state index in [-0.39, 0.29) is 11.3 Å². The second-order valence-electron chi connectivity index (χ2n) is 6.42. The number of rotatable bonds is 7. The van der Waals surface area contributed by atoms with Gasteiger partial charge in [-0.05, 0) is 72.6 Å². The lowest BCUT2D eigenvalue weighted by Gasteiger charge is -2.14. The van der Waals surface area contributed by atoms with Crippen molar-refractivity contribution in [2.45, 2.75) is 19.8 Å². The number of hydrogen-bond donors (Lipinski definition) is 1. The van der Waals surface area contributed by atoms with Crippen LogP contribution < -0.4 is 9.47 Å². The van der Waals surface area contributed by atoms with Gasteiger partial charge >= 0.3 is 0 Å². The van der Waals surface area contributed by atoms with Crippen molar-refractivity contribution in [3.05, 3.63) is 88.2 Å². The van der Waals surface area contributed by atoms with Crippen molar-refractivity contribution in [1.82, 2.24) is 0 Å². The molecule has 0 aliphatic rings. The lowest BCUT2D eigenvalue weighted by atomic mass is 9.94. The zero-order valence-corrected chi connectivity index (χ0v) is 16.9. The van der Waals surface area contributed by atoms with E-state index < -0.39 is 5.82 Å². The van der Waals surface area contributed by atoms with Gasteiger partial charge in [0.25, 0.3) is 0 Å². The van der Waals surface area contributed by atoms with Gasteiger partial charge in [0.2, 0.25) is 0 Å². The summed E-state index contributed by atoms with van der Waals surface area (Å²) in [7, 11) is 1.50. The third kappa shape index (κ3) is 4.87. The number of aryl methyl sites for hydroxylation is 1. The van der Waals surface area contributed by atoms with Crippen LogP contribution in [0, 0.1) is 5.82 Å². The Morgan fingerprint density at radius 1 is 0.966 bits per heavy atom. The number of nitrogens with zero attached hydrogens (tertiary/aromatic N) is 1. The van der Waals surface area contributed by atoms with E-state index in [1.54, 1.807) is 36.4 Å². The monoisotopic (exact) mass is 413 g/mol. The summed E-state index contributed by atoms with van der Waals surface area (Å²) in [6.07, 6.45) is 1.56. The fraction of sp³-hybridized carbons (Fsp3) is 0.174. The van der Waals surface area contributed by atoms with Gasteiger partial charge in [0, 0.05) is 16.1 Å². The summed E-state index contributed by atoms with van der Waals surface area (Å²) in [6, 6.07) is 16.8. The van der Waals surface area contributed by atoms with Gasteiger partial charge < -0.3 is 14.7 Å². The maximum absolute atomic E-state index is 14.5. The first kappa shape index (κ1) is 20.7. The molecular formula is C23H21ClFNO3. The zero-order valence-electron chi connectivity index (χ0n) is 16.2. The number of halogens is 2. The molecule has 0 saturated carbocycles. The quantitative estimate of drug-likeness (QED) is 0.275. The van der Waals surface area contributed by atoms with Gasteiger partial charge in [-0.25, -0.2) is 4.39 Å². The Bertz CT molecular complexity index is 1020. The fourth-order valence-corrected chi connectivity index (χ4v) is 3.17. The molecule has 0 aromatic heterocycles. The Balaban J connectivity index is 2.00. The van der Waals surface area contributed by atoms with Crippen molar-refractivity contribution >= 4 is 17.3 Å². The van der Waals surface area contributed by atoms with Gasteiger partial charge in [0.1, 0.15) is 28.8 Å². The first-order valence-corrected chi connectivity index (χ1v) is 9.56. The summed E-state index contributed by atoms with van der Waals surface area (Å²) in [6.45, 7) is 2.04. The molecule has 0 aliphatic carbocycles. The van der Waals surface area contributed by atoms with E-state index >= 15 is 0 Å². The number of methoxy groups -OCH3 is 1. The number of benzene rings is 3. The Morgan fingerprint density at radius 3 is 2.31 bits per heavy atom. The summed E-state index contributed by atoms with van der Waals surface area (Å²) in [5.74, 6) is 1.26. The molecule has 0 bridgehead atoms. The van der Waals surface area contributed by atoms with Gasteiger partial charge in [-0.2, -0.15) is 0 Å². The molecular weight excluding hydrogens is 393 g/mol. The number of hydrogen-bond acceptors (Lipinski definition) is 4. The number of ether oxygens (including phenoxy) is 2. The highest BCUT2D eigenvalue weighted by atomic mass is 35.5. The van der Waals surface area contributed by atoms with Crippen LogP contribution in [0.25, 0.3) is 0 Å². The summed E-state index contributed by atoms with van der Waals surface area (Å²) < 4.78 is 25.5. The molecule has 150 valence electrons. The summed E-state index contributed by atoms with van der Waals surface area (Å²) >= 11 is 5.91. The highest BCUT2D eigenvalue weighted by molar-refractivity contribution is 6.30. The summed E-state index contributed by atoms with van der Waals surface area (Å²) in [5.41, 5.74) is 1.82. The molecule has 6 heteroatoms. The molecule has 3 rings (SSSR count). The Morgan fingerprint density at radius 2 is 1.66 bits per heavy atom. The lowest BCUT2D eigenvalue weighted by molar-refractivity contribution is 0.319. The zero-order chi connectivity index (χ0) is 20.8. The van der Waals surface area contributed by atoms with Gasteiger partial charge in [0.05, 0.1) is 7.11 Å². The van der Waals surface area contributed by atoms with Gasteiger partial charge in [-0.3, -0.25) is 0 Å². The van der Waals surface area contributed by atoms with Crippen LogP contribution in [-0.4, -0.2) is 18.0 Å². The van der Waals surface area contributed by atoms with Crippen molar-refractivity contribution in [2.75, 3.05) is 7.11 Å². The van der Waals surface area contributed by atoms with Crippen molar-refractivity contribution in [1.29, 1.82) is 0 Å². The van der Waals surface area contributed by atoms with E-state index in [1.165, 1.54) is 25.3 Å². The average Bonchev–Trinajstić information content (AvgIpc) is 2.73. The van der Waals surface area contributed by atoms with Gasteiger partial charge in [-0.1, -0.05) is 30.1 Å². The molecule has 3 aromatic carbocycles. The number of oxime groups is 1. The minimum absolute atomic E-state index is 0.142. The van der Waals surface area contributed by atoms with Crippen molar-refractivity contribution < 1.29 is 19.1 Å². The molecule has 0 spiro atoms. The largest absolute Gasteiger partial charge is 0.497 e. The predicted molar refractivity (Wildman–Crippen MR) is 112 cm³/mol. The van der Waals surface area contributed by atoms with Crippen molar-refractivity contribution in [3.63, 3.8) is 0 Å². The van der Waals surface area contributed by atoms with Crippen LogP contribution in [-0.2, 0) is 6.42 Å². The first-order valence-electron chi connectivity index (χ1n) is 9.18. The molecule has 29 heavy (non-hydrogen) atoms. The van der Waals surface area contributed by atoms with Crippen LogP contribution in [0.15, 0.2) is 65.8 Å². The molecule has 0 fully saturated rings. The topological polar surface area (TPSA) is 51.0 Å². The van der Waals surface area contributed by atoms with Crippen LogP contribution in [0.2, 0.25) is 5.02 Å². The molecule has 1 N–H and O–H groups in total. The van der Waals surface area contributed by atoms with Crippen LogP contribution >= 0.6 is 11.6 Å². The SMILES string of the molecule is CCCc1cc(Oc2ccc(Cl)cc2)ccc1/C(=N\O)c1cc(OC)ccc1F. The molecule has 0 saturated heterocycles. The van der Waals surface area contributed by atoms with Crippen LogP contribution in [0.1, 0.15) is 30.0 Å². The molecule has 3 aromatic rings. The molecule has 0 radical (unpaired) electrons. The van der Waals surface area contributed by atoms with E-state index in [9.17, 15) is 9.60 Å². The molecule has 4 nitrogen and oxygen atoms in total. The average molecular weight is 414 g/mol. The van der Waals surface area contributed by atoms with E-state index in [1.807, 2.05) is 13.0 Å². The van der Waals surface area contributed by atoms with Crippen LogP contribution in [0.4, 0.5) is 4.39 Å². The molecule has 0 unspecified atom stereocenters. The molecule has 0 amide bonds. The van der Waals surface area contributed by atoms with E-state index in [4.69, 9.17) is 21.1 Å². The van der Waals surface area contributed by atoms with Crippen molar-refractivity contribution in [3.8, 4) is 17.2 Å². The normalized spacial score (nSPS) is 11.4. The minimum atomic E-state index is -0.498. The third-order valence-corrected chi connectivity index (χ3v) is 4.68. The highest BCUT2D eigenvalue weighted by Gasteiger charge is 2.18. The first-order chi connectivity index (χ1) is 14.0. The van der Waals surface area contributed by atoms with Crippen LogP contribution in [0.5, 0.6) is 17.2 Å². The molecule has 0 heterocycles. The standard InChI is InChI=1S/C23H21ClFNO3/c1-3-4-15-13-19(29-17-7-5-16(24)6-8-17)9-11-20(15)23(26-27)21-14-18(28-2)10-12-22(21)25/h5-14,27H,3-4H2,1-2H3/b26-23+. The predicted octanol–water partition coefficient (Wildman–Crippen LogP) is 6.46. The Labute approximate surface area is 174 Å². The molecule has 0 atom stereocenters. The van der Waals surface area contributed by atoms with E-state index in [2.05, 4.69) is 5.16 Å².